The molecular formula is C52H32N4. The Morgan fingerprint density at radius 2 is 0.893 bits per heavy atom. The molecule has 0 aliphatic rings. The summed E-state index contributed by atoms with van der Waals surface area (Å²) in [6, 6.07) is 69.6. The summed E-state index contributed by atoms with van der Waals surface area (Å²) >= 11 is 0. The van der Waals surface area contributed by atoms with Crippen LogP contribution < -0.4 is 0 Å². The number of nitrogens with zero attached hydrogens (tertiary/aromatic N) is 4. The largest absolute Gasteiger partial charge is 0.309 e. The molecule has 0 aliphatic heterocycles. The van der Waals surface area contributed by atoms with Crippen LogP contribution in [0.25, 0.3) is 110 Å². The van der Waals surface area contributed by atoms with Crippen molar-refractivity contribution >= 4 is 76.1 Å². The molecule has 0 atom stereocenters. The van der Waals surface area contributed by atoms with Crippen LogP contribution in [0.5, 0.6) is 0 Å². The molecule has 260 valence electrons. The van der Waals surface area contributed by atoms with Crippen LogP contribution in [0.15, 0.2) is 194 Å². The molecule has 0 saturated heterocycles. The number of benzene rings is 9. The second-order valence-electron chi connectivity index (χ2n) is 14.6. The second-order valence-corrected chi connectivity index (χ2v) is 14.6. The minimum atomic E-state index is 0.657. The molecule has 9 aromatic carbocycles. The first-order valence-electron chi connectivity index (χ1n) is 19.1. The molecular weight excluding hydrogens is 681 g/mol. The van der Waals surface area contributed by atoms with Gasteiger partial charge >= 0.3 is 0 Å². The van der Waals surface area contributed by atoms with E-state index in [0.717, 1.165) is 66.0 Å². The average molecular weight is 713 g/mol. The van der Waals surface area contributed by atoms with Crippen molar-refractivity contribution in [2.75, 3.05) is 0 Å². The summed E-state index contributed by atoms with van der Waals surface area (Å²) in [7, 11) is 0. The van der Waals surface area contributed by atoms with Gasteiger partial charge in [-0.3, -0.25) is 4.57 Å². The summed E-state index contributed by atoms with van der Waals surface area (Å²) in [5.74, 6) is 0.657. The summed E-state index contributed by atoms with van der Waals surface area (Å²) in [5.41, 5.74) is 11.0. The minimum absolute atomic E-state index is 0.657. The first-order valence-corrected chi connectivity index (χ1v) is 19.1. The third-order valence-electron chi connectivity index (χ3n) is 11.5. The van der Waals surface area contributed by atoms with E-state index in [1.165, 1.54) is 38.1 Å². The molecule has 0 bridgehead atoms. The van der Waals surface area contributed by atoms with Gasteiger partial charge in [0.05, 0.1) is 33.3 Å². The van der Waals surface area contributed by atoms with Gasteiger partial charge in [-0.25, -0.2) is 9.97 Å². The Bertz CT molecular complexity index is 3530. The van der Waals surface area contributed by atoms with Gasteiger partial charge in [0.25, 0.3) is 0 Å². The predicted molar refractivity (Wildman–Crippen MR) is 234 cm³/mol. The van der Waals surface area contributed by atoms with Crippen LogP contribution >= 0.6 is 0 Å². The van der Waals surface area contributed by atoms with E-state index in [0.29, 0.717) is 5.95 Å². The Labute approximate surface area is 322 Å². The Morgan fingerprint density at radius 1 is 0.321 bits per heavy atom. The summed E-state index contributed by atoms with van der Waals surface area (Å²) < 4.78 is 4.63. The number of fused-ring (bicyclic) bond motifs is 10. The highest BCUT2D eigenvalue weighted by molar-refractivity contribution is 6.14. The van der Waals surface area contributed by atoms with Crippen molar-refractivity contribution in [1.82, 2.24) is 19.1 Å². The summed E-state index contributed by atoms with van der Waals surface area (Å²) in [6.07, 6.45) is 0. The van der Waals surface area contributed by atoms with Crippen LogP contribution in [0.1, 0.15) is 0 Å². The fraction of sp³-hybridized carbons (Fsp3) is 0. The smallest absolute Gasteiger partial charge is 0.235 e. The van der Waals surface area contributed by atoms with Gasteiger partial charge in [-0.05, 0) is 75.8 Å². The minimum Gasteiger partial charge on any atom is -0.309 e. The van der Waals surface area contributed by atoms with Crippen molar-refractivity contribution in [2.24, 2.45) is 0 Å². The maximum absolute atomic E-state index is 5.49. The summed E-state index contributed by atoms with van der Waals surface area (Å²) in [6.45, 7) is 0. The normalized spacial score (nSPS) is 11.9. The highest BCUT2D eigenvalue weighted by Crippen LogP contribution is 2.40. The van der Waals surface area contributed by atoms with Gasteiger partial charge in [0, 0.05) is 43.6 Å². The van der Waals surface area contributed by atoms with Crippen molar-refractivity contribution in [3.05, 3.63) is 194 Å². The fourth-order valence-electron chi connectivity index (χ4n) is 8.96. The van der Waals surface area contributed by atoms with Crippen molar-refractivity contribution in [3.8, 4) is 34.0 Å². The van der Waals surface area contributed by atoms with Gasteiger partial charge in [0.2, 0.25) is 5.95 Å². The lowest BCUT2D eigenvalue weighted by atomic mass is 9.98. The molecule has 0 saturated carbocycles. The summed E-state index contributed by atoms with van der Waals surface area (Å²) in [4.78, 5) is 10.9. The van der Waals surface area contributed by atoms with Crippen molar-refractivity contribution < 1.29 is 0 Å². The zero-order valence-electron chi connectivity index (χ0n) is 30.3. The number of para-hydroxylation sites is 3. The van der Waals surface area contributed by atoms with Crippen molar-refractivity contribution in [1.29, 1.82) is 0 Å². The number of hydrogen-bond donors (Lipinski definition) is 0. The summed E-state index contributed by atoms with van der Waals surface area (Å²) in [5, 5.41) is 10.5. The molecule has 56 heavy (non-hydrogen) atoms. The Morgan fingerprint density at radius 3 is 1.71 bits per heavy atom. The van der Waals surface area contributed by atoms with E-state index < -0.39 is 0 Å². The third-order valence-corrected chi connectivity index (χ3v) is 11.5. The molecule has 0 radical (unpaired) electrons. The van der Waals surface area contributed by atoms with Crippen LogP contribution in [-0.4, -0.2) is 19.1 Å². The van der Waals surface area contributed by atoms with E-state index in [4.69, 9.17) is 9.97 Å². The maximum Gasteiger partial charge on any atom is 0.235 e. The molecule has 3 aromatic heterocycles. The van der Waals surface area contributed by atoms with E-state index in [1.807, 2.05) is 0 Å². The standard InChI is InChI=1S/C52H32N4/c1-2-16-37(17-3-1)55-46-23-10-8-20-40(46)42-28-26-36(32-49(42)55)35-27-30-48-45(31-35)41-21-9-11-24-47(41)56(48)52-53-50-39-19-7-5-14-34(39)25-29-44(50)51(54-52)43-22-12-15-33-13-4-6-18-38(33)43/h1-32H. The Kier molecular flexibility index (Phi) is 6.60. The van der Waals surface area contributed by atoms with Crippen LogP contribution in [0.4, 0.5) is 0 Å². The molecule has 0 N–H and O–H groups in total. The lowest BCUT2D eigenvalue weighted by Crippen LogP contribution is -2.04. The van der Waals surface area contributed by atoms with Crippen LogP contribution in [0.3, 0.4) is 0 Å². The van der Waals surface area contributed by atoms with Crippen molar-refractivity contribution in [2.45, 2.75) is 0 Å². The van der Waals surface area contributed by atoms with E-state index >= 15 is 0 Å². The SMILES string of the molecule is c1ccc(-n2c3ccccc3c3ccc(-c4ccc5c(c4)c4ccccc4n5-c4nc(-c5cccc6ccccc56)c5ccc6ccccc6c5n4)cc32)cc1. The zero-order chi connectivity index (χ0) is 36.7. The van der Waals surface area contributed by atoms with Gasteiger partial charge in [0.1, 0.15) is 0 Å². The molecule has 0 unspecified atom stereocenters. The van der Waals surface area contributed by atoms with Crippen LogP contribution in [0.2, 0.25) is 0 Å². The topological polar surface area (TPSA) is 35.6 Å². The van der Waals surface area contributed by atoms with Gasteiger partial charge in [0.15, 0.2) is 0 Å². The van der Waals surface area contributed by atoms with Gasteiger partial charge in [-0.2, -0.15) is 0 Å². The molecule has 0 aliphatic carbocycles. The van der Waals surface area contributed by atoms with Gasteiger partial charge < -0.3 is 4.57 Å². The monoisotopic (exact) mass is 712 g/mol. The molecule has 3 heterocycles. The molecule has 0 amide bonds. The molecule has 4 nitrogen and oxygen atoms in total. The predicted octanol–water partition coefficient (Wildman–Crippen LogP) is 13.5. The van der Waals surface area contributed by atoms with E-state index in [9.17, 15) is 0 Å². The first kappa shape index (κ1) is 30.9. The van der Waals surface area contributed by atoms with Gasteiger partial charge in [-0.1, -0.05) is 146 Å². The van der Waals surface area contributed by atoms with Gasteiger partial charge in [-0.15, -0.1) is 0 Å². The number of aromatic nitrogens is 4. The molecule has 0 fully saturated rings. The molecule has 0 spiro atoms. The highest BCUT2D eigenvalue weighted by atomic mass is 15.2. The van der Waals surface area contributed by atoms with Crippen LogP contribution in [0, 0.1) is 0 Å². The zero-order valence-corrected chi connectivity index (χ0v) is 30.3. The lowest BCUT2D eigenvalue weighted by molar-refractivity contribution is 1.02. The van der Waals surface area contributed by atoms with E-state index in [1.54, 1.807) is 0 Å². The fourth-order valence-corrected chi connectivity index (χ4v) is 8.96. The molecule has 12 rings (SSSR count). The second kappa shape index (κ2) is 12.0. The third kappa shape index (κ3) is 4.53. The average Bonchev–Trinajstić information content (AvgIpc) is 3.78. The highest BCUT2D eigenvalue weighted by Gasteiger charge is 2.20. The first-order chi connectivity index (χ1) is 27.8. The molecule has 4 heteroatoms. The number of hydrogen-bond acceptors (Lipinski definition) is 2. The van der Waals surface area contributed by atoms with Crippen molar-refractivity contribution in [3.63, 3.8) is 0 Å². The van der Waals surface area contributed by atoms with E-state index in [2.05, 4.69) is 203 Å². The maximum atomic E-state index is 5.49. The quantitative estimate of drug-likeness (QED) is 0.170. The number of rotatable bonds is 4. The van der Waals surface area contributed by atoms with Crippen LogP contribution in [-0.2, 0) is 0 Å². The molecule has 12 aromatic rings. The Balaban J connectivity index is 1.11. The van der Waals surface area contributed by atoms with E-state index in [-0.39, 0.29) is 0 Å². The lowest BCUT2D eigenvalue weighted by Gasteiger charge is -2.14. The Hall–Kier alpha value is -7.56.